The molecule has 2 aromatic carbocycles. The van der Waals surface area contributed by atoms with E-state index in [4.69, 9.17) is 12.6 Å². The Hall–Kier alpha value is -1.70. The molecule has 0 amide bonds. The van der Waals surface area contributed by atoms with E-state index in [9.17, 15) is 0 Å². The molecule has 0 bridgehead atoms. The molecular weight excluding hydrogens is 219 g/mol. The summed E-state index contributed by atoms with van der Waals surface area (Å²) < 4.78 is 5.83. The second-order valence-corrected chi connectivity index (χ2v) is 5.27. The van der Waals surface area contributed by atoms with Crippen molar-refractivity contribution in [3.63, 3.8) is 0 Å². The monoisotopic (exact) mass is 234 g/mol. The molecule has 1 nitrogen and oxygen atoms in total. The third kappa shape index (κ3) is 1.73. The van der Waals surface area contributed by atoms with E-state index in [1.165, 1.54) is 21.9 Å². The number of fused-ring (bicyclic) bond motifs is 3. The zero-order valence-corrected chi connectivity index (χ0v) is 10.9. The van der Waals surface area contributed by atoms with Crippen molar-refractivity contribution < 1.29 is 4.74 Å². The maximum absolute atomic E-state index is 6.00. The van der Waals surface area contributed by atoms with E-state index in [2.05, 4.69) is 44.2 Å². The lowest BCUT2D eigenvalue weighted by Crippen LogP contribution is -2.32. The van der Waals surface area contributed by atoms with Gasteiger partial charge in [0, 0.05) is 5.56 Å². The van der Waals surface area contributed by atoms with E-state index in [1.54, 1.807) is 0 Å². The predicted molar refractivity (Wildman–Crippen MR) is 77.2 cm³/mol. The first-order chi connectivity index (χ1) is 8.46. The van der Waals surface area contributed by atoms with Crippen LogP contribution in [0.4, 0.5) is 0 Å². The topological polar surface area (TPSA) is 9.23 Å². The molecule has 2 radical (unpaired) electrons. The van der Waals surface area contributed by atoms with Gasteiger partial charge in [0.2, 0.25) is 0 Å². The average molecular weight is 234 g/mol. The smallest absolute Gasteiger partial charge is 0.137 e. The van der Waals surface area contributed by atoms with Crippen molar-refractivity contribution in [1.82, 2.24) is 0 Å². The van der Waals surface area contributed by atoms with Gasteiger partial charge in [-0.15, -0.1) is 0 Å². The highest BCUT2D eigenvalue weighted by atomic mass is 16.5. The summed E-state index contributed by atoms with van der Waals surface area (Å²) in [5.74, 6) is 0.872. The minimum atomic E-state index is -0.711. The van der Waals surface area contributed by atoms with Gasteiger partial charge >= 0.3 is 0 Å². The predicted octanol–water partition coefficient (Wildman–Crippen LogP) is 3.75. The lowest BCUT2D eigenvalue weighted by molar-refractivity contribution is 0.224. The van der Waals surface area contributed by atoms with Crippen LogP contribution in [0.25, 0.3) is 16.8 Å². The van der Waals surface area contributed by atoms with E-state index in [0.717, 1.165) is 11.3 Å². The maximum atomic E-state index is 6.00. The van der Waals surface area contributed by atoms with Crippen LogP contribution in [0.5, 0.6) is 5.75 Å². The van der Waals surface area contributed by atoms with Gasteiger partial charge in [0.05, 0.1) is 5.50 Å². The highest BCUT2D eigenvalue weighted by molar-refractivity contribution is 6.17. The summed E-state index contributed by atoms with van der Waals surface area (Å²) in [6.45, 7) is 6.08. The van der Waals surface area contributed by atoms with Gasteiger partial charge in [-0.25, -0.2) is 0 Å². The highest BCUT2D eigenvalue weighted by Crippen LogP contribution is 2.37. The molecule has 3 rings (SSSR count). The van der Waals surface area contributed by atoms with Crippen molar-refractivity contribution in [2.75, 3.05) is 0 Å². The van der Waals surface area contributed by atoms with Crippen molar-refractivity contribution >= 4 is 24.7 Å². The van der Waals surface area contributed by atoms with E-state index < -0.39 is 5.50 Å². The minimum absolute atomic E-state index is 0.711. The molecule has 18 heavy (non-hydrogen) atoms. The Bertz CT molecular complexity index is 668. The Balaban J connectivity index is 2.34. The number of hydrogen-bond acceptors (Lipinski definition) is 1. The first-order valence-corrected chi connectivity index (χ1v) is 6.17. The number of benzene rings is 2. The summed E-state index contributed by atoms with van der Waals surface area (Å²) in [6, 6.07) is 8.58. The minimum Gasteiger partial charge on any atom is -0.493 e. The van der Waals surface area contributed by atoms with Gasteiger partial charge in [0.1, 0.15) is 13.6 Å². The molecule has 0 aliphatic carbocycles. The first kappa shape index (κ1) is 11.4. The Labute approximate surface area is 109 Å². The van der Waals surface area contributed by atoms with Crippen molar-refractivity contribution in [3.05, 3.63) is 47.0 Å². The lowest BCUT2D eigenvalue weighted by atomic mass is 9.80. The molecule has 0 saturated heterocycles. The van der Waals surface area contributed by atoms with Crippen molar-refractivity contribution in [1.29, 1.82) is 0 Å². The normalized spacial score (nSPS) is 21.7. The van der Waals surface area contributed by atoms with Crippen molar-refractivity contribution in [2.45, 2.75) is 26.3 Å². The number of rotatable bonds is 0. The molecule has 1 unspecified atom stereocenters. The maximum Gasteiger partial charge on any atom is 0.137 e. The molecule has 0 spiro atoms. The summed E-state index contributed by atoms with van der Waals surface area (Å²) in [5, 5.41) is 2.50. The summed E-state index contributed by atoms with van der Waals surface area (Å²) in [5.41, 5.74) is 2.91. The fourth-order valence-corrected chi connectivity index (χ4v) is 2.48. The molecule has 2 heteroatoms. The van der Waals surface area contributed by atoms with E-state index in [0.29, 0.717) is 0 Å². The molecule has 0 fully saturated rings. The van der Waals surface area contributed by atoms with Crippen LogP contribution in [0.3, 0.4) is 0 Å². The molecule has 0 N–H and O–H groups in total. The quantitative estimate of drug-likeness (QED) is 0.631. The first-order valence-electron chi connectivity index (χ1n) is 6.17. The third-order valence-corrected chi connectivity index (χ3v) is 3.41. The number of hydrogen-bond donors (Lipinski definition) is 0. The van der Waals surface area contributed by atoms with Crippen LogP contribution in [0.1, 0.15) is 23.6 Å². The molecule has 1 aliphatic heterocycles. The SMILES string of the molecule is [B]C1(C)C=Cc2c(cc(C)c3cc(C)ccc23)O1. The van der Waals surface area contributed by atoms with Gasteiger partial charge in [-0.05, 0) is 43.2 Å². The second kappa shape index (κ2) is 3.65. The van der Waals surface area contributed by atoms with Gasteiger partial charge in [0.15, 0.2) is 0 Å². The van der Waals surface area contributed by atoms with Gasteiger partial charge < -0.3 is 4.74 Å². The number of ether oxygens (including phenoxy) is 1. The summed E-state index contributed by atoms with van der Waals surface area (Å²) in [7, 11) is 6.00. The molecule has 88 valence electrons. The Kier molecular flexibility index (Phi) is 2.31. The molecule has 1 heterocycles. The molecule has 1 aliphatic rings. The summed E-state index contributed by atoms with van der Waals surface area (Å²) in [4.78, 5) is 0. The Morgan fingerprint density at radius 1 is 1.11 bits per heavy atom. The largest absolute Gasteiger partial charge is 0.493 e. The van der Waals surface area contributed by atoms with Crippen LogP contribution in [-0.2, 0) is 0 Å². The van der Waals surface area contributed by atoms with Crippen molar-refractivity contribution in [3.8, 4) is 5.75 Å². The Morgan fingerprint density at radius 2 is 1.89 bits per heavy atom. The number of aryl methyl sites for hydroxylation is 2. The zero-order chi connectivity index (χ0) is 12.9. The van der Waals surface area contributed by atoms with E-state index in [1.807, 2.05) is 13.0 Å². The molecule has 2 aromatic rings. The van der Waals surface area contributed by atoms with Gasteiger partial charge in [-0.2, -0.15) is 0 Å². The van der Waals surface area contributed by atoms with E-state index >= 15 is 0 Å². The van der Waals surface area contributed by atoms with Crippen LogP contribution in [0.15, 0.2) is 30.3 Å². The lowest BCUT2D eigenvalue weighted by Gasteiger charge is -2.29. The van der Waals surface area contributed by atoms with Crippen LogP contribution < -0.4 is 4.74 Å². The fourth-order valence-electron chi connectivity index (χ4n) is 2.48. The summed E-state index contributed by atoms with van der Waals surface area (Å²) >= 11 is 0. The Morgan fingerprint density at radius 3 is 2.67 bits per heavy atom. The standard InChI is InChI=1S/C16H15BO/c1-10-4-5-12-13-6-7-16(3,17)18-15(13)9-11(2)14(12)8-10/h4-9H,1-3H3. The summed E-state index contributed by atoms with van der Waals surface area (Å²) in [6.07, 6.45) is 3.97. The molecule has 0 aromatic heterocycles. The van der Waals surface area contributed by atoms with Crippen molar-refractivity contribution in [2.24, 2.45) is 0 Å². The van der Waals surface area contributed by atoms with Crippen LogP contribution in [0.2, 0.25) is 0 Å². The second-order valence-electron chi connectivity index (χ2n) is 5.27. The molecule has 0 saturated carbocycles. The van der Waals surface area contributed by atoms with Crippen LogP contribution >= 0.6 is 0 Å². The van der Waals surface area contributed by atoms with Gasteiger partial charge in [-0.1, -0.05) is 35.9 Å². The van der Waals surface area contributed by atoms with Crippen LogP contribution in [0, 0.1) is 13.8 Å². The molecular formula is C16H15BO. The van der Waals surface area contributed by atoms with Crippen LogP contribution in [-0.4, -0.2) is 13.3 Å². The van der Waals surface area contributed by atoms with E-state index in [-0.39, 0.29) is 0 Å². The zero-order valence-electron chi connectivity index (χ0n) is 10.9. The third-order valence-electron chi connectivity index (χ3n) is 3.41. The highest BCUT2D eigenvalue weighted by Gasteiger charge is 2.22. The van der Waals surface area contributed by atoms with Gasteiger partial charge in [-0.3, -0.25) is 0 Å². The fraction of sp³-hybridized carbons (Fsp3) is 0.250. The molecule has 1 atom stereocenters. The average Bonchev–Trinajstić information content (AvgIpc) is 2.28. The van der Waals surface area contributed by atoms with Gasteiger partial charge in [0.25, 0.3) is 0 Å².